The number of nitrogens with one attached hydrogen (secondary N) is 1. The summed E-state index contributed by atoms with van der Waals surface area (Å²) in [5.41, 5.74) is 1.07. The summed E-state index contributed by atoms with van der Waals surface area (Å²) in [7, 11) is 0. The van der Waals surface area contributed by atoms with E-state index in [1.807, 2.05) is 6.07 Å². The highest BCUT2D eigenvalue weighted by atomic mass is 79.9. The highest BCUT2D eigenvalue weighted by Crippen LogP contribution is 2.30. The molecule has 0 saturated carbocycles. The van der Waals surface area contributed by atoms with Crippen LogP contribution in [0.1, 0.15) is 38.2 Å². The third-order valence-corrected chi connectivity index (χ3v) is 6.06. The Morgan fingerprint density at radius 3 is 3.00 bits per heavy atom. The number of benzene rings is 1. The van der Waals surface area contributed by atoms with Crippen LogP contribution in [0.25, 0.3) is 0 Å². The Morgan fingerprint density at radius 2 is 2.30 bits per heavy atom. The molecule has 0 aromatic heterocycles. The van der Waals surface area contributed by atoms with Gasteiger partial charge in [0.15, 0.2) is 0 Å². The van der Waals surface area contributed by atoms with E-state index in [1.54, 1.807) is 6.07 Å². The molecule has 0 spiro atoms. The molecule has 0 amide bonds. The fourth-order valence-electron chi connectivity index (χ4n) is 2.68. The number of hydrogen-bond donors (Lipinski definition) is 1. The second-order valence-corrected chi connectivity index (χ2v) is 7.61. The molecule has 0 aliphatic carbocycles. The van der Waals surface area contributed by atoms with Crippen molar-refractivity contribution in [2.24, 2.45) is 0 Å². The molecule has 2 atom stereocenters. The summed E-state index contributed by atoms with van der Waals surface area (Å²) in [6, 6.07) is 5.43. The van der Waals surface area contributed by atoms with Gasteiger partial charge in [-0.25, -0.2) is 4.39 Å². The zero-order chi connectivity index (χ0) is 14.4. The number of rotatable bonds is 6. The smallest absolute Gasteiger partial charge is 0.123 e. The highest BCUT2D eigenvalue weighted by Gasteiger charge is 2.24. The van der Waals surface area contributed by atoms with Gasteiger partial charge in [0, 0.05) is 15.8 Å². The van der Waals surface area contributed by atoms with E-state index in [-0.39, 0.29) is 5.82 Å². The molecule has 0 bridgehead atoms. The normalized spacial score (nSPS) is 20.9. The van der Waals surface area contributed by atoms with Gasteiger partial charge in [-0.15, -0.1) is 0 Å². The van der Waals surface area contributed by atoms with Crippen LogP contribution in [0, 0.1) is 5.82 Å². The molecule has 1 aromatic rings. The molecule has 2 unspecified atom stereocenters. The van der Waals surface area contributed by atoms with E-state index >= 15 is 0 Å². The van der Waals surface area contributed by atoms with Gasteiger partial charge in [0.2, 0.25) is 0 Å². The number of hydrogen-bond acceptors (Lipinski definition) is 2. The second kappa shape index (κ2) is 8.40. The van der Waals surface area contributed by atoms with Crippen LogP contribution >= 0.6 is 27.7 Å². The van der Waals surface area contributed by atoms with E-state index in [4.69, 9.17) is 0 Å². The molecule has 1 fully saturated rings. The van der Waals surface area contributed by atoms with Crippen molar-refractivity contribution in [1.82, 2.24) is 5.32 Å². The Bertz CT molecular complexity index is 421. The Hall–Kier alpha value is -0.0600. The SMILES string of the molecule is CCCNC(Cc1cc(F)ccc1Br)C1CCCCS1. The number of thioether (sulfide) groups is 1. The van der Waals surface area contributed by atoms with Crippen LogP contribution < -0.4 is 5.32 Å². The standard InChI is InChI=1S/C16H23BrFNS/c1-2-8-19-15(16-5-3-4-9-20-16)11-12-10-13(18)6-7-14(12)17/h6-7,10,15-16,19H,2-5,8-9,11H2,1H3. The van der Waals surface area contributed by atoms with E-state index in [0.717, 1.165) is 29.4 Å². The van der Waals surface area contributed by atoms with E-state index < -0.39 is 0 Å². The zero-order valence-electron chi connectivity index (χ0n) is 12.0. The largest absolute Gasteiger partial charge is 0.313 e. The lowest BCUT2D eigenvalue weighted by Crippen LogP contribution is -2.41. The minimum Gasteiger partial charge on any atom is -0.313 e. The molecule has 112 valence electrons. The molecular formula is C16H23BrFNS. The fraction of sp³-hybridized carbons (Fsp3) is 0.625. The second-order valence-electron chi connectivity index (χ2n) is 5.41. The van der Waals surface area contributed by atoms with Gasteiger partial charge in [-0.3, -0.25) is 0 Å². The molecule has 1 aromatic carbocycles. The summed E-state index contributed by atoms with van der Waals surface area (Å²) in [6.45, 7) is 3.23. The van der Waals surface area contributed by atoms with E-state index in [0.29, 0.717) is 11.3 Å². The highest BCUT2D eigenvalue weighted by molar-refractivity contribution is 9.10. The third kappa shape index (κ3) is 4.74. The number of halogens is 2. The Kier molecular flexibility index (Phi) is 6.85. The molecule has 1 heterocycles. The van der Waals surface area contributed by atoms with Gasteiger partial charge in [0.25, 0.3) is 0 Å². The summed E-state index contributed by atoms with van der Waals surface area (Å²) in [6.07, 6.45) is 5.98. The first kappa shape index (κ1) is 16.3. The Labute approximate surface area is 134 Å². The zero-order valence-corrected chi connectivity index (χ0v) is 14.4. The van der Waals surface area contributed by atoms with Gasteiger partial charge in [0.05, 0.1) is 0 Å². The lowest BCUT2D eigenvalue weighted by atomic mass is 9.99. The van der Waals surface area contributed by atoms with Crippen LogP contribution in [0.3, 0.4) is 0 Å². The van der Waals surface area contributed by atoms with Crippen LogP contribution in [0.5, 0.6) is 0 Å². The van der Waals surface area contributed by atoms with Crippen LogP contribution in [-0.4, -0.2) is 23.6 Å². The first-order valence-electron chi connectivity index (χ1n) is 7.49. The van der Waals surface area contributed by atoms with E-state index in [2.05, 4.69) is 39.9 Å². The quantitative estimate of drug-likeness (QED) is 0.783. The van der Waals surface area contributed by atoms with Gasteiger partial charge in [0.1, 0.15) is 5.82 Å². The van der Waals surface area contributed by atoms with Crippen LogP contribution in [-0.2, 0) is 6.42 Å². The van der Waals surface area contributed by atoms with Crippen LogP contribution in [0.2, 0.25) is 0 Å². The summed E-state index contributed by atoms with van der Waals surface area (Å²) in [5, 5.41) is 4.33. The van der Waals surface area contributed by atoms with Gasteiger partial charge in [-0.1, -0.05) is 29.3 Å². The van der Waals surface area contributed by atoms with Gasteiger partial charge in [-0.2, -0.15) is 11.8 Å². The van der Waals surface area contributed by atoms with Crippen molar-refractivity contribution in [3.05, 3.63) is 34.1 Å². The minimum absolute atomic E-state index is 0.145. The topological polar surface area (TPSA) is 12.0 Å². The van der Waals surface area contributed by atoms with Crippen molar-refractivity contribution in [2.75, 3.05) is 12.3 Å². The molecule has 1 aliphatic heterocycles. The molecule has 2 rings (SSSR count). The maximum atomic E-state index is 13.4. The summed E-state index contributed by atoms with van der Waals surface area (Å²) >= 11 is 5.63. The van der Waals surface area contributed by atoms with Crippen LogP contribution in [0.15, 0.2) is 22.7 Å². The van der Waals surface area contributed by atoms with Gasteiger partial charge in [-0.05, 0) is 61.7 Å². The van der Waals surface area contributed by atoms with Gasteiger partial charge < -0.3 is 5.32 Å². The van der Waals surface area contributed by atoms with Crippen molar-refractivity contribution >= 4 is 27.7 Å². The minimum atomic E-state index is -0.145. The van der Waals surface area contributed by atoms with Crippen LogP contribution in [0.4, 0.5) is 4.39 Å². The average molecular weight is 360 g/mol. The maximum Gasteiger partial charge on any atom is 0.123 e. The van der Waals surface area contributed by atoms with Crippen molar-refractivity contribution in [1.29, 1.82) is 0 Å². The summed E-state index contributed by atoms with van der Waals surface area (Å²) in [4.78, 5) is 0. The predicted octanol–water partition coefficient (Wildman–Crippen LogP) is 4.78. The van der Waals surface area contributed by atoms with Crippen molar-refractivity contribution in [3.63, 3.8) is 0 Å². The fourth-order valence-corrected chi connectivity index (χ4v) is 4.52. The predicted molar refractivity (Wildman–Crippen MR) is 90.0 cm³/mol. The van der Waals surface area contributed by atoms with E-state index in [1.165, 1.54) is 31.1 Å². The first-order valence-corrected chi connectivity index (χ1v) is 9.33. The molecule has 0 radical (unpaired) electrons. The Morgan fingerprint density at radius 1 is 1.45 bits per heavy atom. The molecule has 1 N–H and O–H groups in total. The first-order chi connectivity index (χ1) is 9.70. The lowest BCUT2D eigenvalue weighted by molar-refractivity contribution is 0.460. The molecule has 20 heavy (non-hydrogen) atoms. The lowest BCUT2D eigenvalue weighted by Gasteiger charge is -2.31. The third-order valence-electron chi connectivity index (χ3n) is 3.77. The Balaban J connectivity index is 2.07. The molecule has 1 nitrogen and oxygen atoms in total. The van der Waals surface area contributed by atoms with Crippen molar-refractivity contribution < 1.29 is 4.39 Å². The summed E-state index contributed by atoms with van der Waals surface area (Å²) in [5.74, 6) is 1.12. The summed E-state index contributed by atoms with van der Waals surface area (Å²) < 4.78 is 14.5. The van der Waals surface area contributed by atoms with Crippen molar-refractivity contribution in [3.8, 4) is 0 Å². The molecular weight excluding hydrogens is 337 g/mol. The van der Waals surface area contributed by atoms with Crippen molar-refractivity contribution in [2.45, 2.75) is 50.3 Å². The average Bonchev–Trinajstić information content (AvgIpc) is 2.48. The van der Waals surface area contributed by atoms with E-state index in [9.17, 15) is 4.39 Å². The maximum absolute atomic E-state index is 13.4. The molecule has 4 heteroatoms. The molecule has 1 saturated heterocycles. The monoisotopic (exact) mass is 359 g/mol. The van der Waals surface area contributed by atoms with Gasteiger partial charge >= 0.3 is 0 Å². The molecule has 1 aliphatic rings.